The van der Waals surface area contributed by atoms with Gasteiger partial charge < -0.3 is 19.1 Å². The van der Waals surface area contributed by atoms with Gasteiger partial charge in [-0.25, -0.2) is 0 Å². The molecule has 0 N–H and O–H groups in total. The van der Waals surface area contributed by atoms with Crippen LogP contribution in [0.15, 0.2) is 0 Å². The molecular formula is C13H27NO3. The second-order valence-corrected chi connectivity index (χ2v) is 4.99. The van der Waals surface area contributed by atoms with Crippen LogP contribution in [0.3, 0.4) is 0 Å². The van der Waals surface area contributed by atoms with Gasteiger partial charge in [0.25, 0.3) is 0 Å². The van der Waals surface area contributed by atoms with E-state index in [0.717, 1.165) is 46.1 Å². The summed E-state index contributed by atoms with van der Waals surface area (Å²) in [5.74, 6) is -0.0442. The van der Waals surface area contributed by atoms with E-state index in [4.69, 9.17) is 14.2 Å². The van der Waals surface area contributed by atoms with Gasteiger partial charge in [-0.3, -0.25) is 0 Å². The molecule has 0 amide bonds. The molecule has 102 valence electrons. The van der Waals surface area contributed by atoms with Gasteiger partial charge in [0.05, 0.1) is 26.4 Å². The van der Waals surface area contributed by atoms with Crippen molar-refractivity contribution >= 4 is 0 Å². The second-order valence-electron chi connectivity index (χ2n) is 4.99. The van der Waals surface area contributed by atoms with Gasteiger partial charge in [-0.05, 0) is 26.9 Å². The number of likely N-dealkylation sites (N-methyl/N-ethyl adjacent to an activating group) is 1. The van der Waals surface area contributed by atoms with Gasteiger partial charge in [-0.2, -0.15) is 0 Å². The van der Waals surface area contributed by atoms with Crippen LogP contribution in [0, 0.1) is 5.92 Å². The Hall–Kier alpha value is -0.160. The van der Waals surface area contributed by atoms with Crippen LogP contribution in [0.5, 0.6) is 0 Å². The third kappa shape index (κ3) is 5.82. The molecule has 0 aromatic rings. The normalized spacial score (nSPS) is 21.0. The molecule has 17 heavy (non-hydrogen) atoms. The van der Waals surface area contributed by atoms with Crippen molar-refractivity contribution in [3.8, 4) is 0 Å². The summed E-state index contributed by atoms with van der Waals surface area (Å²) in [5.41, 5.74) is 0. The Morgan fingerprint density at radius 3 is 2.29 bits per heavy atom. The molecule has 1 rings (SSSR count). The Morgan fingerprint density at radius 2 is 1.76 bits per heavy atom. The van der Waals surface area contributed by atoms with Gasteiger partial charge in [-0.15, -0.1) is 0 Å². The fourth-order valence-electron chi connectivity index (χ4n) is 1.81. The molecule has 0 aromatic carbocycles. The molecule has 1 fully saturated rings. The molecule has 0 bridgehead atoms. The van der Waals surface area contributed by atoms with Crippen molar-refractivity contribution in [2.24, 2.45) is 5.92 Å². The van der Waals surface area contributed by atoms with Crippen LogP contribution >= 0.6 is 0 Å². The molecule has 0 radical (unpaired) electrons. The molecule has 0 aromatic heterocycles. The van der Waals surface area contributed by atoms with E-state index in [1.54, 1.807) is 0 Å². The predicted octanol–water partition coefficient (Wildman–Crippen LogP) is 1.74. The van der Waals surface area contributed by atoms with Gasteiger partial charge in [0.15, 0.2) is 5.79 Å². The summed E-state index contributed by atoms with van der Waals surface area (Å²) in [7, 11) is 0. The molecule has 1 heterocycles. The van der Waals surface area contributed by atoms with Crippen LogP contribution in [0.1, 0.15) is 27.7 Å². The average Bonchev–Trinajstić information content (AvgIpc) is 2.31. The molecule has 0 atom stereocenters. The van der Waals surface area contributed by atoms with Crippen molar-refractivity contribution in [3.05, 3.63) is 0 Å². The van der Waals surface area contributed by atoms with Gasteiger partial charge in [0.2, 0.25) is 0 Å². The highest BCUT2D eigenvalue weighted by atomic mass is 16.7. The van der Waals surface area contributed by atoms with Crippen molar-refractivity contribution in [3.63, 3.8) is 0 Å². The van der Waals surface area contributed by atoms with E-state index >= 15 is 0 Å². The second kappa shape index (κ2) is 7.31. The van der Waals surface area contributed by atoms with Crippen LogP contribution in [-0.4, -0.2) is 56.7 Å². The van der Waals surface area contributed by atoms with Gasteiger partial charge in [0, 0.05) is 12.5 Å². The first-order valence-electron chi connectivity index (χ1n) is 6.65. The fourth-order valence-corrected chi connectivity index (χ4v) is 1.81. The van der Waals surface area contributed by atoms with Gasteiger partial charge in [-0.1, -0.05) is 13.8 Å². The third-order valence-electron chi connectivity index (χ3n) is 3.13. The highest BCUT2D eigenvalue weighted by Gasteiger charge is 2.28. The van der Waals surface area contributed by atoms with Crippen LogP contribution in [-0.2, 0) is 14.2 Å². The zero-order valence-electron chi connectivity index (χ0n) is 11.7. The van der Waals surface area contributed by atoms with Gasteiger partial charge >= 0.3 is 0 Å². The van der Waals surface area contributed by atoms with Crippen LogP contribution in [0.4, 0.5) is 0 Å². The van der Waals surface area contributed by atoms with Crippen molar-refractivity contribution in [2.75, 3.05) is 46.1 Å². The first-order chi connectivity index (χ1) is 8.07. The third-order valence-corrected chi connectivity index (χ3v) is 3.13. The van der Waals surface area contributed by atoms with E-state index in [0.29, 0.717) is 5.92 Å². The SMILES string of the molecule is CCN(CC)CCOCC1COC(C)(C)OC1. The maximum atomic E-state index is 5.67. The molecule has 0 spiro atoms. The van der Waals surface area contributed by atoms with Gasteiger partial charge in [0.1, 0.15) is 0 Å². The summed E-state index contributed by atoms with van der Waals surface area (Å²) in [4.78, 5) is 2.36. The fraction of sp³-hybridized carbons (Fsp3) is 1.00. The first kappa shape index (κ1) is 14.9. The summed E-state index contributed by atoms with van der Waals surface area (Å²) in [6.45, 7) is 14.4. The summed E-state index contributed by atoms with van der Waals surface area (Å²) < 4.78 is 16.8. The maximum Gasteiger partial charge on any atom is 0.162 e. The highest BCUT2D eigenvalue weighted by molar-refractivity contribution is 4.67. The minimum Gasteiger partial charge on any atom is -0.380 e. The molecular weight excluding hydrogens is 218 g/mol. The standard InChI is InChI=1S/C13H27NO3/c1-5-14(6-2)7-8-15-9-12-10-16-13(3,4)17-11-12/h12H,5-11H2,1-4H3. The zero-order valence-corrected chi connectivity index (χ0v) is 11.7. The number of hydrogen-bond acceptors (Lipinski definition) is 4. The van der Waals surface area contributed by atoms with Crippen LogP contribution in [0.25, 0.3) is 0 Å². The van der Waals surface area contributed by atoms with Crippen molar-refractivity contribution in [2.45, 2.75) is 33.5 Å². The quantitative estimate of drug-likeness (QED) is 0.639. The average molecular weight is 245 g/mol. The highest BCUT2D eigenvalue weighted by Crippen LogP contribution is 2.20. The Bertz CT molecular complexity index is 195. The largest absolute Gasteiger partial charge is 0.380 e. The molecule has 1 saturated heterocycles. The minimum absolute atomic E-state index is 0.375. The van der Waals surface area contributed by atoms with Crippen LogP contribution in [0.2, 0.25) is 0 Å². The molecule has 0 unspecified atom stereocenters. The molecule has 0 aliphatic carbocycles. The number of ether oxygens (including phenoxy) is 3. The Kier molecular flexibility index (Phi) is 6.41. The lowest BCUT2D eigenvalue weighted by Crippen LogP contribution is -2.41. The summed E-state index contributed by atoms with van der Waals surface area (Å²) in [5, 5.41) is 0. The van der Waals surface area contributed by atoms with E-state index in [1.807, 2.05) is 13.8 Å². The van der Waals surface area contributed by atoms with E-state index in [1.165, 1.54) is 0 Å². The number of nitrogens with zero attached hydrogens (tertiary/aromatic N) is 1. The lowest BCUT2D eigenvalue weighted by Gasteiger charge is -2.34. The summed E-state index contributed by atoms with van der Waals surface area (Å²) >= 11 is 0. The lowest BCUT2D eigenvalue weighted by atomic mass is 10.1. The molecule has 4 heteroatoms. The number of rotatable bonds is 7. The van der Waals surface area contributed by atoms with Crippen molar-refractivity contribution in [1.29, 1.82) is 0 Å². The predicted molar refractivity (Wildman–Crippen MR) is 68.1 cm³/mol. The minimum atomic E-state index is -0.419. The zero-order chi connectivity index (χ0) is 12.7. The smallest absolute Gasteiger partial charge is 0.162 e. The Morgan fingerprint density at radius 1 is 1.18 bits per heavy atom. The van der Waals surface area contributed by atoms with Crippen molar-refractivity contribution < 1.29 is 14.2 Å². The van der Waals surface area contributed by atoms with Crippen molar-refractivity contribution in [1.82, 2.24) is 4.90 Å². The van der Waals surface area contributed by atoms with E-state index < -0.39 is 5.79 Å². The van der Waals surface area contributed by atoms with E-state index in [-0.39, 0.29) is 0 Å². The Balaban J connectivity index is 2.04. The van der Waals surface area contributed by atoms with Crippen LogP contribution < -0.4 is 0 Å². The van der Waals surface area contributed by atoms with E-state index in [9.17, 15) is 0 Å². The number of hydrogen-bond donors (Lipinski definition) is 0. The van der Waals surface area contributed by atoms with E-state index in [2.05, 4.69) is 18.7 Å². The molecule has 1 aliphatic heterocycles. The molecule has 4 nitrogen and oxygen atoms in total. The monoisotopic (exact) mass is 245 g/mol. The molecule has 0 saturated carbocycles. The maximum absolute atomic E-state index is 5.67. The lowest BCUT2D eigenvalue weighted by molar-refractivity contribution is -0.266. The summed E-state index contributed by atoms with van der Waals surface area (Å²) in [6, 6.07) is 0. The first-order valence-corrected chi connectivity index (χ1v) is 6.65. The molecule has 1 aliphatic rings. The topological polar surface area (TPSA) is 30.9 Å². The summed E-state index contributed by atoms with van der Waals surface area (Å²) in [6.07, 6.45) is 0. The Labute approximate surface area is 105 Å².